The van der Waals surface area contributed by atoms with Crippen LogP contribution in [-0.4, -0.2) is 11.0 Å². The lowest BCUT2D eigenvalue weighted by Gasteiger charge is -2.12. The molecule has 0 fully saturated rings. The topological polar surface area (TPSA) is 83.4 Å². The number of thiocarbonyl (C=S) groups is 1. The molecule has 7 heteroatoms. The number of fused-ring (bicyclic) bond motifs is 1. The van der Waals surface area contributed by atoms with E-state index in [1.54, 1.807) is 24.3 Å². The van der Waals surface area contributed by atoms with Gasteiger partial charge < -0.3 is 9.73 Å². The van der Waals surface area contributed by atoms with Crippen molar-refractivity contribution in [2.45, 2.75) is 26.2 Å². The maximum atomic E-state index is 12.3. The van der Waals surface area contributed by atoms with Gasteiger partial charge in [-0.15, -0.1) is 0 Å². The molecule has 0 bridgehead atoms. The van der Waals surface area contributed by atoms with Gasteiger partial charge in [0.2, 0.25) is 0 Å². The van der Waals surface area contributed by atoms with E-state index in [1.165, 1.54) is 11.6 Å². The Bertz CT molecular complexity index is 1040. The standard InChI is InChI=1S/C21H21N3O3S/c1-2-3-6-14-9-11-16(12-10-14)22-21(28)24-23-19(25)17-13-15-7-4-5-8-18(15)27-20(17)26/h4-5,7-13H,2-3,6H2,1H3,(H,23,25)(H2,22,24,28). The molecule has 144 valence electrons. The number of aryl methyl sites for hydroxylation is 1. The first-order valence-electron chi connectivity index (χ1n) is 9.06. The molecule has 2 aromatic carbocycles. The summed E-state index contributed by atoms with van der Waals surface area (Å²) in [6.45, 7) is 2.16. The van der Waals surface area contributed by atoms with E-state index < -0.39 is 11.5 Å². The summed E-state index contributed by atoms with van der Waals surface area (Å²) >= 11 is 5.18. The summed E-state index contributed by atoms with van der Waals surface area (Å²) in [5.74, 6) is -0.626. The number of carbonyl (C=O) groups excluding carboxylic acids is 1. The molecule has 28 heavy (non-hydrogen) atoms. The number of amides is 1. The third-order valence-corrected chi connectivity index (χ3v) is 4.41. The summed E-state index contributed by atoms with van der Waals surface area (Å²) in [5, 5.41) is 3.85. The van der Waals surface area contributed by atoms with Gasteiger partial charge in [0.1, 0.15) is 11.1 Å². The monoisotopic (exact) mass is 395 g/mol. The zero-order valence-electron chi connectivity index (χ0n) is 15.5. The van der Waals surface area contributed by atoms with Crippen molar-refractivity contribution in [3.63, 3.8) is 0 Å². The highest BCUT2D eigenvalue weighted by Crippen LogP contribution is 2.13. The lowest BCUT2D eigenvalue weighted by molar-refractivity contribution is 0.0940. The smallest absolute Gasteiger partial charge is 0.349 e. The Hall–Kier alpha value is -3.19. The molecule has 0 atom stereocenters. The predicted octanol–water partition coefficient (Wildman–Crippen LogP) is 3.77. The molecule has 0 aliphatic heterocycles. The average molecular weight is 395 g/mol. The molecule has 0 aliphatic rings. The highest BCUT2D eigenvalue weighted by Gasteiger charge is 2.13. The van der Waals surface area contributed by atoms with Gasteiger partial charge in [0.25, 0.3) is 5.91 Å². The summed E-state index contributed by atoms with van der Waals surface area (Å²) in [4.78, 5) is 24.3. The number of anilines is 1. The molecular weight excluding hydrogens is 374 g/mol. The Morgan fingerprint density at radius 1 is 1.07 bits per heavy atom. The molecular formula is C21H21N3O3S. The van der Waals surface area contributed by atoms with Crippen LogP contribution in [0.15, 0.2) is 63.8 Å². The van der Waals surface area contributed by atoms with Gasteiger partial charge in [0, 0.05) is 11.1 Å². The summed E-state index contributed by atoms with van der Waals surface area (Å²) in [6, 6.07) is 16.4. The zero-order valence-corrected chi connectivity index (χ0v) is 16.3. The van der Waals surface area contributed by atoms with Crippen LogP contribution in [0.3, 0.4) is 0 Å². The van der Waals surface area contributed by atoms with Gasteiger partial charge in [-0.3, -0.25) is 15.6 Å². The fourth-order valence-corrected chi connectivity index (χ4v) is 2.87. The zero-order chi connectivity index (χ0) is 19.9. The number of hydrogen-bond acceptors (Lipinski definition) is 4. The largest absolute Gasteiger partial charge is 0.422 e. The normalized spacial score (nSPS) is 10.5. The second kappa shape index (κ2) is 9.14. The molecule has 3 aromatic rings. The fourth-order valence-electron chi connectivity index (χ4n) is 2.70. The van der Waals surface area contributed by atoms with E-state index in [9.17, 15) is 9.59 Å². The highest BCUT2D eigenvalue weighted by molar-refractivity contribution is 7.80. The van der Waals surface area contributed by atoms with E-state index in [1.807, 2.05) is 24.3 Å². The summed E-state index contributed by atoms with van der Waals surface area (Å²) < 4.78 is 5.16. The summed E-state index contributed by atoms with van der Waals surface area (Å²) in [6.07, 6.45) is 3.36. The molecule has 0 unspecified atom stereocenters. The van der Waals surface area contributed by atoms with Crippen molar-refractivity contribution in [3.8, 4) is 0 Å². The number of hydrazine groups is 1. The van der Waals surface area contributed by atoms with Crippen molar-refractivity contribution in [2.75, 3.05) is 5.32 Å². The van der Waals surface area contributed by atoms with E-state index in [0.717, 1.165) is 24.9 Å². The molecule has 0 aliphatic carbocycles. The van der Waals surface area contributed by atoms with Crippen molar-refractivity contribution >= 4 is 39.9 Å². The first-order chi connectivity index (χ1) is 13.6. The number of para-hydroxylation sites is 1. The lowest BCUT2D eigenvalue weighted by atomic mass is 10.1. The lowest BCUT2D eigenvalue weighted by Crippen LogP contribution is -2.44. The van der Waals surface area contributed by atoms with Crippen molar-refractivity contribution in [3.05, 3.63) is 76.1 Å². The maximum absolute atomic E-state index is 12.3. The molecule has 1 heterocycles. The second-order valence-corrected chi connectivity index (χ2v) is 6.73. The quantitative estimate of drug-likeness (QED) is 0.347. The molecule has 6 nitrogen and oxygen atoms in total. The minimum atomic E-state index is -0.709. The third-order valence-electron chi connectivity index (χ3n) is 4.21. The van der Waals surface area contributed by atoms with Crippen molar-refractivity contribution in [1.29, 1.82) is 0 Å². The van der Waals surface area contributed by atoms with Crippen LogP contribution in [0.4, 0.5) is 5.69 Å². The summed E-state index contributed by atoms with van der Waals surface area (Å²) in [5.41, 5.74) is 6.69. The van der Waals surface area contributed by atoms with Gasteiger partial charge in [-0.25, -0.2) is 4.79 Å². The Labute approximate surface area is 167 Å². The summed E-state index contributed by atoms with van der Waals surface area (Å²) in [7, 11) is 0. The van der Waals surface area contributed by atoms with Crippen LogP contribution >= 0.6 is 12.2 Å². The van der Waals surface area contributed by atoms with Crippen LogP contribution in [0.2, 0.25) is 0 Å². The molecule has 0 saturated heterocycles. The molecule has 3 rings (SSSR count). The first-order valence-corrected chi connectivity index (χ1v) is 9.47. The molecule has 3 N–H and O–H groups in total. The van der Waals surface area contributed by atoms with Crippen molar-refractivity contribution in [2.24, 2.45) is 0 Å². The van der Waals surface area contributed by atoms with E-state index in [4.69, 9.17) is 16.6 Å². The minimum absolute atomic E-state index is 0.103. The number of unbranched alkanes of at least 4 members (excludes halogenated alkanes) is 1. The number of carbonyl (C=O) groups is 1. The van der Waals surface area contributed by atoms with Gasteiger partial charge in [-0.2, -0.15) is 0 Å². The number of rotatable bonds is 5. The average Bonchev–Trinajstić information content (AvgIpc) is 2.71. The number of benzene rings is 2. The second-order valence-electron chi connectivity index (χ2n) is 6.32. The van der Waals surface area contributed by atoms with E-state index in [2.05, 4.69) is 23.1 Å². The molecule has 1 aromatic heterocycles. The molecule has 0 spiro atoms. The van der Waals surface area contributed by atoms with Crippen molar-refractivity contribution < 1.29 is 9.21 Å². The van der Waals surface area contributed by atoms with E-state index in [0.29, 0.717) is 11.0 Å². The van der Waals surface area contributed by atoms with Crippen molar-refractivity contribution in [1.82, 2.24) is 10.9 Å². The molecule has 1 amide bonds. The Kier molecular flexibility index (Phi) is 6.39. The minimum Gasteiger partial charge on any atom is -0.422 e. The highest BCUT2D eigenvalue weighted by atomic mass is 32.1. The van der Waals surface area contributed by atoms with Gasteiger partial charge in [0.05, 0.1) is 0 Å². The molecule has 0 radical (unpaired) electrons. The number of hydrogen-bond donors (Lipinski definition) is 3. The Morgan fingerprint density at radius 3 is 2.57 bits per heavy atom. The van der Waals surface area contributed by atoms with E-state index >= 15 is 0 Å². The predicted molar refractivity (Wildman–Crippen MR) is 114 cm³/mol. The van der Waals surface area contributed by atoms with Gasteiger partial charge >= 0.3 is 5.63 Å². The van der Waals surface area contributed by atoms with Crippen LogP contribution in [0.1, 0.15) is 35.7 Å². The van der Waals surface area contributed by atoms with Crippen LogP contribution in [0, 0.1) is 0 Å². The van der Waals surface area contributed by atoms with Crippen LogP contribution in [-0.2, 0) is 6.42 Å². The van der Waals surface area contributed by atoms with Gasteiger partial charge in [0.15, 0.2) is 5.11 Å². The van der Waals surface area contributed by atoms with Gasteiger partial charge in [-0.1, -0.05) is 43.7 Å². The van der Waals surface area contributed by atoms with Crippen LogP contribution in [0.25, 0.3) is 11.0 Å². The number of nitrogens with one attached hydrogen (secondary N) is 3. The molecule has 0 saturated carbocycles. The third kappa shape index (κ3) is 4.95. The van der Waals surface area contributed by atoms with Gasteiger partial charge in [-0.05, 0) is 54.9 Å². The fraction of sp³-hybridized carbons (Fsp3) is 0.190. The SMILES string of the molecule is CCCCc1ccc(NC(=S)NNC(=O)c2cc3ccccc3oc2=O)cc1. The van der Waals surface area contributed by atoms with E-state index in [-0.39, 0.29) is 10.7 Å². The maximum Gasteiger partial charge on any atom is 0.349 e. The Morgan fingerprint density at radius 2 is 1.82 bits per heavy atom. The van der Waals surface area contributed by atoms with Crippen LogP contribution < -0.4 is 21.8 Å². The van der Waals surface area contributed by atoms with Crippen LogP contribution in [0.5, 0.6) is 0 Å². The Balaban J connectivity index is 1.57. The first kappa shape index (κ1) is 19.6.